The molecule has 0 saturated heterocycles. The Bertz CT molecular complexity index is 1230. The zero-order chi connectivity index (χ0) is 25.5. The highest BCUT2D eigenvalue weighted by Crippen LogP contribution is 2.40. The van der Waals surface area contributed by atoms with Crippen LogP contribution in [0.4, 0.5) is 5.95 Å². The summed E-state index contributed by atoms with van der Waals surface area (Å²) in [5.74, 6) is 2.33. The molecule has 1 atom stereocenters. The second-order valence-electron chi connectivity index (χ2n) is 8.34. The average molecular weight is 509 g/mol. The molecule has 9 heteroatoms. The van der Waals surface area contributed by atoms with Crippen LogP contribution in [0, 0.1) is 0 Å². The van der Waals surface area contributed by atoms with E-state index in [9.17, 15) is 4.79 Å². The van der Waals surface area contributed by atoms with E-state index in [2.05, 4.69) is 17.2 Å². The van der Waals surface area contributed by atoms with Crippen molar-refractivity contribution in [3.05, 3.63) is 70.9 Å². The number of nitrogens with zero attached hydrogens (tertiary/aromatic N) is 3. The number of anilines is 1. The Labute approximate surface area is 216 Å². The first-order chi connectivity index (χ1) is 17.5. The minimum atomic E-state index is -0.540. The van der Waals surface area contributed by atoms with Crippen molar-refractivity contribution in [2.45, 2.75) is 51.4 Å². The van der Waals surface area contributed by atoms with Crippen molar-refractivity contribution in [3.63, 3.8) is 0 Å². The molecule has 0 bridgehead atoms. The Morgan fingerprint density at radius 2 is 1.94 bits per heavy atom. The van der Waals surface area contributed by atoms with Crippen LogP contribution in [0.25, 0.3) is 0 Å². The number of methoxy groups -OCH3 is 1. The summed E-state index contributed by atoms with van der Waals surface area (Å²) < 4.78 is 18.8. The van der Waals surface area contributed by atoms with E-state index >= 15 is 0 Å². The van der Waals surface area contributed by atoms with E-state index in [1.165, 1.54) is 0 Å². The molecule has 0 amide bonds. The molecule has 0 radical (unpaired) electrons. The molecular formula is C27H32N4O4S. The molecule has 1 aromatic heterocycles. The highest BCUT2D eigenvalue weighted by Gasteiger charge is 2.35. The van der Waals surface area contributed by atoms with Gasteiger partial charge in [0.2, 0.25) is 11.1 Å². The second kappa shape index (κ2) is 12.0. The molecule has 1 N–H and O–H groups in total. The maximum Gasteiger partial charge on any atom is 0.338 e. The number of unbranched alkanes of at least 4 members (excludes halogenated alkanes) is 1. The number of fused-ring (bicyclic) bond motifs is 1. The van der Waals surface area contributed by atoms with E-state index in [0.29, 0.717) is 40.5 Å². The summed E-state index contributed by atoms with van der Waals surface area (Å²) >= 11 is 1.61. The van der Waals surface area contributed by atoms with Gasteiger partial charge in [0.25, 0.3) is 0 Å². The average Bonchev–Trinajstić information content (AvgIpc) is 3.29. The van der Waals surface area contributed by atoms with E-state index in [4.69, 9.17) is 19.3 Å². The Morgan fingerprint density at radius 1 is 1.14 bits per heavy atom. The van der Waals surface area contributed by atoms with Crippen LogP contribution in [-0.4, -0.2) is 40.2 Å². The van der Waals surface area contributed by atoms with Gasteiger partial charge in [-0.2, -0.15) is 4.98 Å². The summed E-state index contributed by atoms with van der Waals surface area (Å²) in [6, 6.07) is 14.8. The quantitative estimate of drug-likeness (QED) is 0.203. The molecule has 190 valence electrons. The van der Waals surface area contributed by atoms with E-state index in [-0.39, 0.29) is 6.61 Å². The second-order valence-corrected chi connectivity index (χ2v) is 9.40. The number of benzene rings is 2. The number of aromatic nitrogens is 3. The Morgan fingerprint density at radius 3 is 2.67 bits per heavy atom. The third-order valence-corrected chi connectivity index (χ3v) is 6.72. The number of carbonyl (C=O) groups excluding carboxylic acids is 1. The van der Waals surface area contributed by atoms with E-state index < -0.39 is 12.0 Å². The first-order valence-corrected chi connectivity index (χ1v) is 13.1. The lowest BCUT2D eigenvalue weighted by atomic mass is 9.95. The Hall–Kier alpha value is -3.46. The van der Waals surface area contributed by atoms with Crippen LogP contribution in [0.3, 0.4) is 0 Å². The van der Waals surface area contributed by atoms with Crippen molar-refractivity contribution in [3.8, 4) is 11.5 Å². The molecule has 0 spiro atoms. The SMILES string of the molecule is CCCCSc1nc2n(n1)C(c1ccc(OCC)c(OC)c1)C(C(=O)OCc1ccccc1)=C(C)N2. The third-order valence-electron chi connectivity index (χ3n) is 5.80. The van der Waals surface area contributed by atoms with Gasteiger partial charge in [-0.3, -0.25) is 0 Å². The number of carbonyl (C=O) groups is 1. The number of hydrogen-bond donors (Lipinski definition) is 1. The van der Waals surface area contributed by atoms with Gasteiger partial charge in [0.1, 0.15) is 12.6 Å². The molecule has 1 aliphatic rings. The van der Waals surface area contributed by atoms with Crippen LogP contribution in [0.5, 0.6) is 11.5 Å². The van der Waals surface area contributed by atoms with Crippen LogP contribution >= 0.6 is 11.8 Å². The summed E-state index contributed by atoms with van der Waals surface area (Å²) in [6.45, 7) is 6.64. The van der Waals surface area contributed by atoms with Crippen LogP contribution in [0.2, 0.25) is 0 Å². The van der Waals surface area contributed by atoms with Crippen molar-refractivity contribution < 1.29 is 19.0 Å². The number of rotatable bonds is 11. The summed E-state index contributed by atoms with van der Waals surface area (Å²) in [5.41, 5.74) is 2.89. The molecule has 0 saturated carbocycles. The normalized spacial score (nSPS) is 14.7. The highest BCUT2D eigenvalue weighted by molar-refractivity contribution is 7.99. The number of thioether (sulfide) groups is 1. The minimum Gasteiger partial charge on any atom is -0.493 e. The highest BCUT2D eigenvalue weighted by atomic mass is 32.2. The molecule has 3 aromatic rings. The number of nitrogens with one attached hydrogen (secondary N) is 1. The predicted octanol–water partition coefficient (Wildman–Crippen LogP) is 5.61. The number of allylic oxidation sites excluding steroid dienone is 1. The van der Waals surface area contributed by atoms with Gasteiger partial charge in [0.15, 0.2) is 11.5 Å². The predicted molar refractivity (Wildman–Crippen MR) is 141 cm³/mol. The summed E-state index contributed by atoms with van der Waals surface area (Å²) in [7, 11) is 1.60. The molecular weight excluding hydrogens is 476 g/mol. The number of esters is 1. The van der Waals surface area contributed by atoms with Crippen LogP contribution in [-0.2, 0) is 16.1 Å². The van der Waals surface area contributed by atoms with Gasteiger partial charge in [-0.25, -0.2) is 9.48 Å². The monoisotopic (exact) mass is 508 g/mol. The van der Waals surface area contributed by atoms with Crippen molar-refractivity contribution in [1.82, 2.24) is 14.8 Å². The maximum atomic E-state index is 13.5. The zero-order valence-corrected chi connectivity index (χ0v) is 21.9. The molecule has 4 rings (SSSR count). The largest absolute Gasteiger partial charge is 0.493 e. The number of ether oxygens (including phenoxy) is 3. The van der Waals surface area contributed by atoms with Crippen LogP contribution < -0.4 is 14.8 Å². The van der Waals surface area contributed by atoms with E-state index in [1.54, 1.807) is 23.6 Å². The summed E-state index contributed by atoms with van der Waals surface area (Å²) in [5, 5.41) is 8.70. The molecule has 2 aromatic carbocycles. The molecule has 0 fully saturated rings. The topological polar surface area (TPSA) is 87.5 Å². The van der Waals surface area contributed by atoms with Crippen molar-refractivity contribution in [1.29, 1.82) is 0 Å². The molecule has 1 unspecified atom stereocenters. The minimum absolute atomic E-state index is 0.179. The van der Waals surface area contributed by atoms with Gasteiger partial charge < -0.3 is 19.5 Å². The standard InChI is InChI=1S/C27H32N4O4S/c1-5-7-15-36-27-29-26-28-18(3)23(25(32)35-17-19-11-9-8-10-12-19)24(31(26)30-27)20-13-14-21(34-6-2)22(16-20)33-4/h8-14,16,24H,5-7,15,17H2,1-4H3,(H,28,29,30). The third kappa shape index (κ3) is 5.67. The van der Waals surface area contributed by atoms with Gasteiger partial charge >= 0.3 is 5.97 Å². The van der Waals surface area contributed by atoms with Gasteiger partial charge in [-0.15, -0.1) is 5.10 Å². The Balaban J connectivity index is 1.71. The lowest BCUT2D eigenvalue weighted by molar-refractivity contribution is -0.140. The summed E-state index contributed by atoms with van der Waals surface area (Å²) in [4.78, 5) is 18.2. The van der Waals surface area contributed by atoms with E-state index in [0.717, 1.165) is 29.7 Å². The van der Waals surface area contributed by atoms with Crippen molar-refractivity contribution in [2.75, 3.05) is 24.8 Å². The fourth-order valence-electron chi connectivity index (χ4n) is 4.00. The van der Waals surface area contributed by atoms with Crippen LogP contribution in [0.15, 0.2) is 65.0 Å². The Kier molecular flexibility index (Phi) is 8.53. The molecule has 36 heavy (non-hydrogen) atoms. The van der Waals surface area contributed by atoms with Gasteiger partial charge in [0.05, 0.1) is 19.3 Å². The summed E-state index contributed by atoms with van der Waals surface area (Å²) in [6.07, 6.45) is 2.18. The lowest BCUT2D eigenvalue weighted by Gasteiger charge is -2.28. The molecule has 1 aliphatic heterocycles. The van der Waals surface area contributed by atoms with Gasteiger partial charge in [0, 0.05) is 11.4 Å². The molecule has 2 heterocycles. The molecule has 8 nitrogen and oxygen atoms in total. The number of hydrogen-bond acceptors (Lipinski definition) is 8. The van der Waals surface area contributed by atoms with Crippen molar-refractivity contribution in [2.24, 2.45) is 0 Å². The first-order valence-electron chi connectivity index (χ1n) is 12.1. The van der Waals surface area contributed by atoms with Gasteiger partial charge in [-0.1, -0.05) is 61.5 Å². The van der Waals surface area contributed by atoms with E-state index in [1.807, 2.05) is 62.4 Å². The first kappa shape index (κ1) is 25.6. The zero-order valence-electron chi connectivity index (χ0n) is 21.1. The smallest absolute Gasteiger partial charge is 0.338 e. The maximum absolute atomic E-state index is 13.5. The van der Waals surface area contributed by atoms with Crippen molar-refractivity contribution >= 4 is 23.7 Å². The van der Waals surface area contributed by atoms with Gasteiger partial charge in [-0.05, 0) is 43.5 Å². The fourth-order valence-corrected chi connectivity index (χ4v) is 4.92. The molecule has 0 aliphatic carbocycles. The van der Waals surface area contributed by atoms with Crippen LogP contribution in [0.1, 0.15) is 50.8 Å². The lowest BCUT2D eigenvalue weighted by Crippen LogP contribution is -2.29. The fraction of sp³-hybridized carbons (Fsp3) is 0.370.